The molecule has 1 aliphatic heterocycles. The number of hydrogen-bond donors (Lipinski definition) is 1. The van der Waals surface area contributed by atoms with Crippen LogP contribution in [0.5, 0.6) is 0 Å². The maximum absolute atomic E-state index is 12.6. The van der Waals surface area contributed by atoms with Crippen LogP contribution in [-0.2, 0) is 0 Å². The summed E-state index contributed by atoms with van der Waals surface area (Å²) in [7, 11) is 0. The Labute approximate surface area is 125 Å². The molecule has 2 rings (SSSR count). The third-order valence-corrected chi connectivity index (χ3v) is 4.22. The van der Waals surface area contributed by atoms with Crippen LogP contribution in [0.1, 0.15) is 59.7 Å². The quantitative estimate of drug-likeness (QED) is 0.924. The van der Waals surface area contributed by atoms with Gasteiger partial charge in [-0.1, -0.05) is 31.9 Å². The van der Waals surface area contributed by atoms with Crippen LogP contribution in [0.2, 0.25) is 0 Å². The first-order valence-corrected chi connectivity index (χ1v) is 7.75. The maximum atomic E-state index is 12.6. The predicted octanol–water partition coefficient (Wildman–Crippen LogP) is 3.43. The molecule has 1 saturated heterocycles. The molecule has 114 valence electrons. The van der Waals surface area contributed by atoms with Crippen LogP contribution in [0, 0.1) is 5.92 Å². The van der Waals surface area contributed by atoms with Gasteiger partial charge in [0.15, 0.2) is 0 Å². The molecular formula is C17H23NO3. The van der Waals surface area contributed by atoms with Gasteiger partial charge in [0, 0.05) is 13.1 Å². The summed E-state index contributed by atoms with van der Waals surface area (Å²) in [6, 6.07) is 6.48. The number of amides is 1. The number of likely N-dealkylation sites (tertiary alicyclic amines) is 1. The minimum atomic E-state index is -1.04. The lowest BCUT2D eigenvalue weighted by atomic mass is 9.96. The van der Waals surface area contributed by atoms with Gasteiger partial charge in [0.05, 0.1) is 11.1 Å². The molecule has 0 saturated carbocycles. The second-order valence-electron chi connectivity index (χ2n) is 5.73. The third kappa shape index (κ3) is 3.84. The first-order valence-electron chi connectivity index (χ1n) is 7.75. The molecule has 0 bridgehead atoms. The lowest BCUT2D eigenvalue weighted by Crippen LogP contribution is -2.33. The molecule has 1 heterocycles. The molecule has 21 heavy (non-hydrogen) atoms. The van der Waals surface area contributed by atoms with Crippen molar-refractivity contribution in [2.45, 2.75) is 39.0 Å². The zero-order valence-corrected chi connectivity index (χ0v) is 12.5. The van der Waals surface area contributed by atoms with Gasteiger partial charge in [-0.05, 0) is 37.3 Å². The summed E-state index contributed by atoms with van der Waals surface area (Å²) in [5.41, 5.74) is 0.399. The van der Waals surface area contributed by atoms with E-state index < -0.39 is 5.97 Å². The van der Waals surface area contributed by atoms with Crippen molar-refractivity contribution in [1.29, 1.82) is 0 Å². The normalized spacial score (nSPS) is 19.1. The van der Waals surface area contributed by atoms with E-state index in [1.165, 1.54) is 18.9 Å². The Balaban J connectivity index is 2.12. The first-order chi connectivity index (χ1) is 10.1. The Hall–Kier alpha value is -1.84. The van der Waals surface area contributed by atoms with E-state index in [2.05, 4.69) is 6.92 Å². The molecule has 4 nitrogen and oxygen atoms in total. The SMILES string of the molecule is CCCC1CCCN(C(=O)c2ccccc2C(=O)O)CC1. The van der Waals surface area contributed by atoms with Crippen LogP contribution in [0.15, 0.2) is 24.3 Å². The number of carbonyl (C=O) groups is 2. The highest BCUT2D eigenvalue weighted by atomic mass is 16.4. The number of nitrogens with zero attached hydrogens (tertiary/aromatic N) is 1. The number of aromatic carboxylic acids is 1. The first kappa shape index (κ1) is 15.5. The van der Waals surface area contributed by atoms with E-state index in [0.717, 1.165) is 32.4 Å². The van der Waals surface area contributed by atoms with Gasteiger partial charge < -0.3 is 10.0 Å². The van der Waals surface area contributed by atoms with Gasteiger partial charge in [0.2, 0.25) is 0 Å². The summed E-state index contributed by atoms with van der Waals surface area (Å²) in [6.45, 7) is 3.65. The van der Waals surface area contributed by atoms with Crippen LogP contribution in [0.3, 0.4) is 0 Å². The Kier molecular flexibility index (Phi) is 5.37. The second kappa shape index (κ2) is 7.25. The molecule has 1 aliphatic rings. The van der Waals surface area contributed by atoms with Crippen LogP contribution < -0.4 is 0 Å². The minimum Gasteiger partial charge on any atom is -0.478 e. The van der Waals surface area contributed by atoms with E-state index in [0.29, 0.717) is 11.5 Å². The van der Waals surface area contributed by atoms with Gasteiger partial charge in [0.1, 0.15) is 0 Å². The highest BCUT2D eigenvalue weighted by Gasteiger charge is 2.24. The Morgan fingerprint density at radius 2 is 1.90 bits per heavy atom. The number of carboxylic acid groups (broad SMARTS) is 1. The lowest BCUT2D eigenvalue weighted by Gasteiger charge is -2.21. The van der Waals surface area contributed by atoms with E-state index in [1.54, 1.807) is 18.2 Å². The van der Waals surface area contributed by atoms with E-state index in [-0.39, 0.29) is 11.5 Å². The van der Waals surface area contributed by atoms with E-state index >= 15 is 0 Å². The molecule has 4 heteroatoms. The molecule has 1 atom stereocenters. The van der Waals surface area contributed by atoms with E-state index in [9.17, 15) is 14.7 Å². The van der Waals surface area contributed by atoms with Gasteiger partial charge in [-0.3, -0.25) is 4.79 Å². The van der Waals surface area contributed by atoms with E-state index in [4.69, 9.17) is 0 Å². The summed E-state index contributed by atoms with van der Waals surface area (Å²) < 4.78 is 0. The smallest absolute Gasteiger partial charge is 0.336 e. The van der Waals surface area contributed by atoms with Crippen LogP contribution in [0.4, 0.5) is 0 Å². The monoisotopic (exact) mass is 289 g/mol. The number of rotatable bonds is 4. The highest BCUT2D eigenvalue weighted by Crippen LogP contribution is 2.23. The average molecular weight is 289 g/mol. The summed E-state index contributed by atoms with van der Waals surface area (Å²) >= 11 is 0. The van der Waals surface area contributed by atoms with Crippen molar-refractivity contribution in [2.24, 2.45) is 5.92 Å². The number of benzene rings is 1. The van der Waals surface area contributed by atoms with Gasteiger partial charge in [0.25, 0.3) is 5.91 Å². The number of carboxylic acids is 1. The van der Waals surface area contributed by atoms with Crippen molar-refractivity contribution < 1.29 is 14.7 Å². The summed E-state index contributed by atoms with van der Waals surface area (Å²) in [5.74, 6) is -0.495. The Morgan fingerprint density at radius 1 is 1.19 bits per heavy atom. The van der Waals surface area contributed by atoms with Crippen LogP contribution in [0.25, 0.3) is 0 Å². The largest absolute Gasteiger partial charge is 0.478 e. The van der Waals surface area contributed by atoms with Crippen molar-refractivity contribution in [3.05, 3.63) is 35.4 Å². The molecule has 0 aliphatic carbocycles. The molecule has 1 aromatic rings. The summed E-state index contributed by atoms with van der Waals surface area (Å²) in [5, 5.41) is 9.21. The van der Waals surface area contributed by atoms with Crippen molar-refractivity contribution in [2.75, 3.05) is 13.1 Å². The van der Waals surface area contributed by atoms with Crippen molar-refractivity contribution >= 4 is 11.9 Å². The fourth-order valence-electron chi connectivity index (χ4n) is 3.09. The van der Waals surface area contributed by atoms with Crippen molar-refractivity contribution in [3.8, 4) is 0 Å². The molecule has 1 aromatic carbocycles. The zero-order chi connectivity index (χ0) is 15.2. The Bertz CT molecular complexity index is 513. The molecule has 1 unspecified atom stereocenters. The van der Waals surface area contributed by atoms with Gasteiger partial charge in [-0.25, -0.2) is 4.79 Å². The molecule has 1 N–H and O–H groups in total. The van der Waals surface area contributed by atoms with Gasteiger partial charge in [-0.15, -0.1) is 0 Å². The molecule has 1 fully saturated rings. The second-order valence-corrected chi connectivity index (χ2v) is 5.73. The fraction of sp³-hybridized carbons (Fsp3) is 0.529. The predicted molar refractivity (Wildman–Crippen MR) is 81.6 cm³/mol. The lowest BCUT2D eigenvalue weighted by molar-refractivity contribution is 0.0676. The van der Waals surface area contributed by atoms with Crippen molar-refractivity contribution in [3.63, 3.8) is 0 Å². The standard InChI is InChI=1S/C17H23NO3/c1-2-6-13-7-5-11-18(12-10-13)16(19)14-8-3-4-9-15(14)17(20)21/h3-4,8-9,13H,2,5-7,10-12H2,1H3,(H,20,21). The van der Waals surface area contributed by atoms with Crippen LogP contribution in [-0.4, -0.2) is 35.0 Å². The molecular weight excluding hydrogens is 266 g/mol. The number of hydrogen-bond acceptors (Lipinski definition) is 2. The van der Waals surface area contributed by atoms with Gasteiger partial charge >= 0.3 is 5.97 Å². The van der Waals surface area contributed by atoms with E-state index in [1.807, 2.05) is 4.90 Å². The van der Waals surface area contributed by atoms with Gasteiger partial charge in [-0.2, -0.15) is 0 Å². The number of carbonyl (C=O) groups excluding carboxylic acids is 1. The summed E-state index contributed by atoms with van der Waals surface area (Å²) in [4.78, 5) is 25.7. The third-order valence-electron chi connectivity index (χ3n) is 4.22. The Morgan fingerprint density at radius 3 is 2.57 bits per heavy atom. The maximum Gasteiger partial charge on any atom is 0.336 e. The topological polar surface area (TPSA) is 57.6 Å². The fourth-order valence-corrected chi connectivity index (χ4v) is 3.09. The molecule has 0 spiro atoms. The molecule has 0 radical (unpaired) electrons. The van der Waals surface area contributed by atoms with Crippen molar-refractivity contribution in [1.82, 2.24) is 4.90 Å². The molecule has 0 aromatic heterocycles. The average Bonchev–Trinajstić information content (AvgIpc) is 2.72. The molecule has 1 amide bonds. The van der Waals surface area contributed by atoms with Crippen LogP contribution >= 0.6 is 0 Å². The highest BCUT2D eigenvalue weighted by molar-refractivity contribution is 6.04. The minimum absolute atomic E-state index is 0.0943. The summed E-state index contributed by atoms with van der Waals surface area (Å²) in [6.07, 6.45) is 5.59. The zero-order valence-electron chi connectivity index (χ0n) is 12.5.